The zero-order valence-corrected chi connectivity index (χ0v) is 60.1. The molecule has 458 valence electrons. The van der Waals surface area contributed by atoms with Gasteiger partial charge in [0.2, 0.25) is 0 Å². The number of aryl methyl sites for hydroxylation is 3. The molecule has 0 spiro atoms. The largest absolute Gasteiger partial charge is 1.00 e. The van der Waals surface area contributed by atoms with Gasteiger partial charge in [0.25, 0.3) is 6.04 Å². The van der Waals surface area contributed by atoms with Crippen molar-refractivity contribution in [1.29, 1.82) is 0 Å². The van der Waals surface area contributed by atoms with Crippen molar-refractivity contribution in [3.63, 3.8) is 0 Å². The van der Waals surface area contributed by atoms with Crippen LogP contribution in [0.5, 0.6) is 0 Å². The third-order valence-corrected chi connectivity index (χ3v) is 35.4. The molecule has 3 aromatic carbocycles. The fraction of sp³-hybridized carbons (Fsp3) is 0.721. The minimum absolute atomic E-state index is 0. The Kier molecular flexibility index (Phi) is 27.7. The molecular weight excluding hydrogens is 1190 g/mol. The van der Waals surface area contributed by atoms with Gasteiger partial charge >= 0.3 is 59.1 Å². The van der Waals surface area contributed by atoms with Gasteiger partial charge in [-0.2, -0.15) is 0 Å². The second-order valence-corrected chi connectivity index (χ2v) is 38.7. The van der Waals surface area contributed by atoms with Gasteiger partial charge in [-0.3, -0.25) is 0 Å². The number of nitrogens with zero attached hydrogens (tertiary/aromatic N) is 1. The predicted octanol–water partition coefficient (Wildman–Crippen LogP) is 13.0. The van der Waals surface area contributed by atoms with E-state index in [1.54, 1.807) is 6.07 Å². The maximum Gasteiger partial charge on any atom is 1.00 e. The normalized spacial score (nSPS) is 25.2. The molecule has 4 unspecified atom stereocenters. The smallest absolute Gasteiger partial charge is 0.744 e. The SMILES string of the molecule is O=S(=O)([O-])c1c(F)c(F)cc2c1CCC(P(C1CCCCC1)C1CCCCC1)C2.O=S(=O)([O-])c1ccc2c(c1F)CC(P(C1CCCCC1)C1CCCCC1)CC2.[C-]#[N+]C1c2cc(C)ccc2CCC1P(C1CCCCC1)C1CCCCC1.[Na+].[Na+]. The quantitative estimate of drug-likeness (QED) is 0.0816. The van der Waals surface area contributed by atoms with Crippen molar-refractivity contribution in [1.82, 2.24) is 0 Å². The Hall–Kier alpha value is 0.0500. The topological polar surface area (TPSA) is 119 Å². The summed E-state index contributed by atoms with van der Waals surface area (Å²) in [7, 11) is -10.2. The maximum atomic E-state index is 15.0. The molecule has 0 amide bonds. The van der Waals surface area contributed by atoms with Gasteiger partial charge in [-0.05, 0) is 227 Å². The van der Waals surface area contributed by atoms with Crippen LogP contribution in [0, 0.1) is 30.9 Å². The van der Waals surface area contributed by atoms with Crippen molar-refractivity contribution in [2.24, 2.45) is 0 Å². The summed E-state index contributed by atoms with van der Waals surface area (Å²) in [5, 5.41) is 0. The Morgan fingerprint density at radius 2 is 0.859 bits per heavy atom. The first-order valence-electron chi connectivity index (χ1n) is 33.1. The molecule has 6 fully saturated rings. The summed E-state index contributed by atoms with van der Waals surface area (Å²) < 4.78 is 113. The van der Waals surface area contributed by atoms with Gasteiger partial charge in [-0.15, -0.1) is 0 Å². The Bertz CT molecular complexity index is 2880. The van der Waals surface area contributed by atoms with Gasteiger partial charge in [0, 0.05) is 5.56 Å². The number of benzene rings is 3. The number of fused-ring (bicyclic) bond motifs is 3. The molecule has 9 aliphatic rings. The monoisotopic (exact) mass is 1280 g/mol. The van der Waals surface area contributed by atoms with Gasteiger partial charge < -0.3 is 14.0 Å². The van der Waals surface area contributed by atoms with E-state index in [9.17, 15) is 39.1 Å². The van der Waals surface area contributed by atoms with Crippen molar-refractivity contribution in [2.75, 3.05) is 0 Å². The summed E-state index contributed by atoms with van der Waals surface area (Å²) in [5.74, 6) is -3.48. The van der Waals surface area contributed by atoms with Crippen molar-refractivity contribution in [3.05, 3.63) is 104 Å². The van der Waals surface area contributed by atoms with Crippen molar-refractivity contribution in [2.45, 2.75) is 318 Å². The van der Waals surface area contributed by atoms with Gasteiger partial charge in [0.1, 0.15) is 26.1 Å². The van der Waals surface area contributed by atoms with Crippen LogP contribution in [0.25, 0.3) is 4.85 Å². The van der Waals surface area contributed by atoms with E-state index < -0.39 is 47.5 Å². The molecule has 7 nitrogen and oxygen atoms in total. The zero-order valence-electron chi connectivity index (χ0n) is 51.8. The van der Waals surface area contributed by atoms with Crippen LogP contribution in [-0.2, 0) is 52.3 Å². The molecule has 17 heteroatoms. The van der Waals surface area contributed by atoms with Crippen LogP contribution in [0.3, 0.4) is 0 Å². The van der Waals surface area contributed by atoms with Crippen LogP contribution in [0.1, 0.15) is 257 Å². The molecule has 12 rings (SSSR count). The van der Waals surface area contributed by atoms with Gasteiger partial charge in [-0.1, -0.05) is 163 Å². The third-order valence-electron chi connectivity index (χ3n) is 21.6. The predicted molar refractivity (Wildman–Crippen MR) is 335 cm³/mol. The van der Waals surface area contributed by atoms with Crippen LogP contribution in [0.15, 0.2) is 46.2 Å². The molecule has 0 heterocycles. The number of halogens is 3. The zero-order chi connectivity index (χ0) is 58.3. The van der Waals surface area contributed by atoms with Crippen molar-refractivity contribution < 1.29 is 98.2 Å². The molecule has 85 heavy (non-hydrogen) atoms. The van der Waals surface area contributed by atoms with E-state index in [-0.39, 0.29) is 94.5 Å². The standard InChI is InChI=1S/C24H34NP.C22H31F2O3PS.C22H32FO3PS.2Na/c1-18-13-14-19-15-16-23(24(25-2)22(19)17-18)26(20-9-5-3-6-10-20)21-11-7-4-8-12-21;23-20-14-15-13-18(11-12-19(15)22(21(20)24)29(25,26)27)28(16-7-3-1-4-8-16)17-9-5-2-6-10-17;23-22-20-15-19(13-11-16(20)12-14-21(22)28(24,25)26)27(17-7-3-1-4-8-17)18-9-5-2-6-10-18;;/h13-14,17,20-21,23-24H,3-12,15-16H2,1H3;14,16-18H,1-13H2,(H,25,26,27);12,14,17-19H,1-11,13,15H2,(H,24,25,26);;/q;;;2*+1/p-2. The first-order valence-corrected chi connectivity index (χ1v) is 40.6. The number of hydrogen-bond donors (Lipinski definition) is 0. The summed E-state index contributed by atoms with van der Waals surface area (Å²) in [6.07, 6.45) is 47.5. The van der Waals surface area contributed by atoms with Gasteiger partial charge in [-0.25, -0.2) is 36.6 Å². The number of hydrogen-bond acceptors (Lipinski definition) is 6. The second-order valence-electron chi connectivity index (χ2n) is 26.8. The van der Waals surface area contributed by atoms with E-state index in [0.717, 1.165) is 64.8 Å². The summed E-state index contributed by atoms with van der Waals surface area (Å²) in [6.45, 7) is 10.3. The average Bonchev–Trinajstić information content (AvgIpc) is 2.54. The Labute approximate surface area is 558 Å². The van der Waals surface area contributed by atoms with E-state index in [0.29, 0.717) is 47.4 Å². The maximum absolute atomic E-state index is 15.0. The Balaban J connectivity index is 0.000000164. The van der Waals surface area contributed by atoms with Crippen LogP contribution in [0.4, 0.5) is 13.2 Å². The van der Waals surface area contributed by atoms with Crippen LogP contribution in [-0.4, -0.2) is 76.9 Å². The fourth-order valence-corrected chi connectivity index (χ4v) is 32.9. The van der Waals surface area contributed by atoms with E-state index >= 15 is 0 Å². The van der Waals surface area contributed by atoms with E-state index in [2.05, 4.69) is 30.0 Å². The third kappa shape index (κ3) is 17.7. The molecule has 0 aliphatic heterocycles. The van der Waals surface area contributed by atoms with Gasteiger partial charge in [0.05, 0.1) is 15.4 Å². The molecule has 3 aromatic rings. The minimum atomic E-state index is -5.04. The van der Waals surface area contributed by atoms with E-state index in [4.69, 9.17) is 6.57 Å². The average molecular weight is 1280 g/mol. The van der Waals surface area contributed by atoms with Crippen LogP contribution in [0.2, 0.25) is 0 Å². The minimum Gasteiger partial charge on any atom is -0.744 e. The van der Waals surface area contributed by atoms with Gasteiger partial charge in [0.15, 0.2) is 11.6 Å². The summed E-state index contributed by atoms with van der Waals surface area (Å²) in [5.41, 5.74) is 13.0. The van der Waals surface area contributed by atoms with Crippen molar-refractivity contribution >= 4 is 44.0 Å². The molecule has 6 saturated carbocycles. The Morgan fingerprint density at radius 1 is 0.447 bits per heavy atom. The van der Waals surface area contributed by atoms with Crippen molar-refractivity contribution in [3.8, 4) is 0 Å². The summed E-state index contributed by atoms with van der Waals surface area (Å²) in [6, 6.07) is 11.0. The molecule has 4 atom stereocenters. The second kappa shape index (κ2) is 33.2. The van der Waals surface area contributed by atoms with Crippen LogP contribution < -0.4 is 59.1 Å². The molecule has 0 N–H and O–H groups in total. The van der Waals surface area contributed by atoms with E-state index in [1.807, 2.05) is 0 Å². The molecule has 0 saturated heterocycles. The van der Waals surface area contributed by atoms with E-state index in [1.165, 1.54) is 228 Å². The molecule has 9 aliphatic carbocycles. The fourth-order valence-electron chi connectivity index (χ4n) is 17.8. The van der Waals surface area contributed by atoms with Crippen LogP contribution >= 0.6 is 23.8 Å². The number of rotatable bonds is 11. The summed E-state index contributed by atoms with van der Waals surface area (Å²) >= 11 is 0. The Morgan fingerprint density at radius 3 is 1.29 bits per heavy atom. The molecule has 0 bridgehead atoms. The molecule has 0 aromatic heterocycles. The summed E-state index contributed by atoms with van der Waals surface area (Å²) in [4.78, 5) is 2.69. The first-order chi connectivity index (χ1) is 40.1. The molecular formula is C68H95F3NNa2O6P3S2. The molecule has 0 radical (unpaired) electrons. The first kappa shape index (κ1) is 70.9.